The van der Waals surface area contributed by atoms with Crippen LogP contribution in [0.5, 0.6) is 11.5 Å². The largest absolute Gasteiger partial charge is 0.508 e. The normalized spacial score (nSPS) is 12.3. The number of hydrogen-bond acceptors (Lipinski definition) is 4. The Balaban J connectivity index is 3.17. The molecule has 0 radical (unpaired) electrons. The first-order chi connectivity index (χ1) is 6.91. The summed E-state index contributed by atoms with van der Waals surface area (Å²) >= 11 is 0. The number of phenolic OH excluding ortho intramolecular Hbond substituents is 1. The van der Waals surface area contributed by atoms with Crippen LogP contribution in [-0.4, -0.2) is 16.2 Å². The maximum Gasteiger partial charge on any atom is 0.308 e. The molecule has 82 valence electrons. The zero-order valence-electron chi connectivity index (χ0n) is 8.94. The van der Waals surface area contributed by atoms with Crippen LogP contribution < -0.4 is 4.74 Å². The first-order valence-electron chi connectivity index (χ1n) is 4.61. The van der Waals surface area contributed by atoms with Gasteiger partial charge in [-0.25, -0.2) is 0 Å². The minimum absolute atomic E-state index is 0.00148. The highest BCUT2D eigenvalue weighted by atomic mass is 16.5. The van der Waals surface area contributed by atoms with Gasteiger partial charge in [0.25, 0.3) is 0 Å². The Bertz CT molecular complexity index is 382. The summed E-state index contributed by atoms with van der Waals surface area (Å²) in [4.78, 5) is 10.8. The lowest BCUT2D eigenvalue weighted by atomic mass is 10.1. The number of benzene rings is 1. The van der Waals surface area contributed by atoms with Gasteiger partial charge in [0, 0.05) is 12.5 Å². The predicted octanol–water partition coefficient (Wildman–Crippen LogP) is 1.68. The van der Waals surface area contributed by atoms with Gasteiger partial charge in [-0.3, -0.25) is 4.79 Å². The van der Waals surface area contributed by atoms with Crippen molar-refractivity contribution in [3.05, 3.63) is 23.3 Å². The number of aliphatic hydroxyl groups is 1. The predicted molar refractivity (Wildman–Crippen MR) is 54.8 cm³/mol. The molecule has 0 aromatic heterocycles. The van der Waals surface area contributed by atoms with Gasteiger partial charge in [-0.15, -0.1) is 0 Å². The van der Waals surface area contributed by atoms with Crippen LogP contribution in [0.4, 0.5) is 0 Å². The molecule has 0 saturated carbocycles. The van der Waals surface area contributed by atoms with Gasteiger partial charge < -0.3 is 14.9 Å². The van der Waals surface area contributed by atoms with Crippen molar-refractivity contribution in [1.29, 1.82) is 0 Å². The molecule has 15 heavy (non-hydrogen) atoms. The van der Waals surface area contributed by atoms with Crippen LogP contribution in [-0.2, 0) is 4.79 Å². The molecule has 0 heterocycles. The number of carbonyl (C=O) groups excluding carboxylic acids is 1. The molecule has 0 fully saturated rings. The van der Waals surface area contributed by atoms with E-state index in [1.54, 1.807) is 6.92 Å². The molecule has 0 aliphatic rings. The summed E-state index contributed by atoms with van der Waals surface area (Å²) in [6, 6.07) is 2.93. The standard InChI is InChI=1S/C11H14O4/c1-6-4-10(14)9(7(2)12)5-11(6)15-8(3)13/h4-5,7,12,14H,1-3H3. The van der Waals surface area contributed by atoms with Gasteiger partial charge in [-0.2, -0.15) is 0 Å². The van der Waals surface area contributed by atoms with E-state index in [0.717, 1.165) is 0 Å². The van der Waals surface area contributed by atoms with E-state index in [2.05, 4.69) is 0 Å². The van der Waals surface area contributed by atoms with Crippen LogP contribution >= 0.6 is 0 Å². The number of rotatable bonds is 2. The topological polar surface area (TPSA) is 66.8 Å². The van der Waals surface area contributed by atoms with Crippen molar-refractivity contribution in [3.63, 3.8) is 0 Å². The van der Waals surface area contributed by atoms with E-state index < -0.39 is 12.1 Å². The van der Waals surface area contributed by atoms with E-state index in [9.17, 15) is 15.0 Å². The van der Waals surface area contributed by atoms with Gasteiger partial charge in [-0.05, 0) is 31.5 Å². The Kier molecular flexibility index (Phi) is 3.31. The molecule has 0 amide bonds. The second kappa shape index (κ2) is 4.31. The minimum atomic E-state index is -0.806. The number of ether oxygens (including phenoxy) is 1. The lowest BCUT2D eigenvalue weighted by molar-refractivity contribution is -0.131. The van der Waals surface area contributed by atoms with Gasteiger partial charge in [0.05, 0.1) is 6.10 Å². The third-order valence-electron chi connectivity index (χ3n) is 2.03. The van der Waals surface area contributed by atoms with E-state index in [1.807, 2.05) is 0 Å². The second-order valence-electron chi connectivity index (χ2n) is 3.45. The molecule has 1 aromatic rings. The first kappa shape index (κ1) is 11.5. The van der Waals surface area contributed by atoms with Crippen LogP contribution in [0, 0.1) is 6.92 Å². The highest BCUT2D eigenvalue weighted by Gasteiger charge is 2.12. The summed E-state index contributed by atoms with van der Waals surface area (Å²) in [6.45, 7) is 4.54. The summed E-state index contributed by atoms with van der Waals surface area (Å²) in [5.74, 6) is -0.0741. The molecule has 1 aromatic carbocycles. The van der Waals surface area contributed by atoms with Crippen molar-refractivity contribution in [1.82, 2.24) is 0 Å². The molecule has 0 spiro atoms. The molecule has 0 aliphatic heterocycles. The van der Waals surface area contributed by atoms with Crippen LogP contribution in [0.3, 0.4) is 0 Å². The molecule has 2 N–H and O–H groups in total. The third-order valence-corrected chi connectivity index (χ3v) is 2.03. The van der Waals surface area contributed by atoms with Crippen LogP contribution in [0.2, 0.25) is 0 Å². The number of hydrogen-bond donors (Lipinski definition) is 2. The van der Waals surface area contributed by atoms with E-state index in [1.165, 1.54) is 26.0 Å². The number of aliphatic hydroxyl groups excluding tert-OH is 1. The second-order valence-corrected chi connectivity index (χ2v) is 3.45. The van der Waals surface area contributed by atoms with Crippen LogP contribution in [0.25, 0.3) is 0 Å². The fourth-order valence-electron chi connectivity index (χ4n) is 1.29. The Morgan fingerprint density at radius 2 is 2.07 bits per heavy atom. The van der Waals surface area contributed by atoms with Crippen molar-refractivity contribution in [2.75, 3.05) is 0 Å². The van der Waals surface area contributed by atoms with Gasteiger partial charge in [0.2, 0.25) is 0 Å². The Morgan fingerprint density at radius 3 is 2.53 bits per heavy atom. The van der Waals surface area contributed by atoms with Crippen LogP contribution in [0.15, 0.2) is 12.1 Å². The number of aromatic hydroxyl groups is 1. The van der Waals surface area contributed by atoms with Crippen LogP contribution in [0.1, 0.15) is 31.1 Å². The van der Waals surface area contributed by atoms with Crippen molar-refractivity contribution >= 4 is 5.97 Å². The van der Waals surface area contributed by atoms with Gasteiger partial charge in [-0.1, -0.05) is 0 Å². The number of aryl methyl sites for hydroxylation is 1. The van der Waals surface area contributed by atoms with Crippen molar-refractivity contribution in [2.24, 2.45) is 0 Å². The highest BCUT2D eigenvalue weighted by molar-refractivity contribution is 5.70. The van der Waals surface area contributed by atoms with E-state index in [0.29, 0.717) is 16.9 Å². The van der Waals surface area contributed by atoms with Crippen molar-refractivity contribution in [2.45, 2.75) is 26.9 Å². The summed E-state index contributed by atoms with van der Waals surface area (Å²) < 4.78 is 4.93. The van der Waals surface area contributed by atoms with E-state index >= 15 is 0 Å². The number of esters is 1. The third kappa shape index (κ3) is 2.70. The average Bonchev–Trinajstić information content (AvgIpc) is 2.08. The zero-order chi connectivity index (χ0) is 11.6. The monoisotopic (exact) mass is 210 g/mol. The summed E-state index contributed by atoms with van der Waals surface area (Å²) in [5.41, 5.74) is 0.990. The molecular formula is C11H14O4. The lowest BCUT2D eigenvalue weighted by Crippen LogP contribution is -2.04. The fourth-order valence-corrected chi connectivity index (χ4v) is 1.29. The Labute approximate surface area is 88.1 Å². The lowest BCUT2D eigenvalue weighted by Gasteiger charge is -2.12. The first-order valence-corrected chi connectivity index (χ1v) is 4.61. The average molecular weight is 210 g/mol. The molecule has 4 heteroatoms. The van der Waals surface area contributed by atoms with E-state index in [-0.39, 0.29) is 5.75 Å². The van der Waals surface area contributed by atoms with Gasteiger partial charge in [0.1, 0.15) is 11.5 Å². The highest BCUT2D eigenvalue weighted by Crippen LogP contribution is 2.31. The Morgan fingerprint density at radius 1 is 1.47 bits per heavy atom. The zero-order valence-corrected chi connectivity index (χ0v) is 8.94. The van der Waals surface area contributed by atoms with Gasteiger partial charge in [0.15, 0.2) is 0 Å². The maximum atomic E-state index is 10.8. The SMILES string of the molecule is CC(=O)Oc1cc(C(C)O)c(O)cc1C. The van der Waals surface area contributed by atoms with Gasteiger partial charge >= 0.3 is 5.97 Å². The minimum Gasteiger partial charge on any atom is -0.508 e. The summed E-state index contributed by atoms with van der Waals surface area (Å²) in [6.07, 6.45) is -0.806. The quantitative estimate of drug-likeness (QED) is 0.575. The summed E-state index contributed by atoms with van der Waals surface area (Å²) in [7, 11) is 0. The molecule has 1 unspecified atom stereocenters. The fraction of sp³-hybridized carbons (Fsp3) is 0.364. The smallest absolute Gasteiger partial charge is 0.308 e. The molecular weight excluding hydrogens is 196 g/mol. The number of phenols is 1. The van der Waals surface area contributed by atoms with Crippen molar-refractivity contribution < 1.29 is 19.7 Å². The molecule has 1 rings (SSSR count). The van der Waals surface area contributed by atoms with Crippen molar-refractivity contribution in [3.8, 4) is 11.5 Å². The molecule has 0 bridgehead atoms. The maximum absolute atomic E-state index is 10.8. The summed E-state index contributed by atoms with van der Waals surface area (Å²) in [5, 5.41) is 18.9. The number of carbonyl (C=O) groups is 1. The molecule has 0 saturated heterocycles. The van der Waals surface area contributed by atoms with E-state index in [4.69, 9.17) is 4.74 Å². The molecule has 4 nitrogen and oxygen atoms in total. The molecule has 0 aliphatic carbocycles. The molecule has 1 atom stereocenters. The Hall–Kier alpha value is -1.55.